The van der Waals surface area contributed by atoms with Crippen LogP contribution in [0.5, 0.6) is 0 Å². The fourth-order valence-electron chi connectivity index (χ4n) is 0.543. The molecule has 0 unspecified atom stereocenters. The molecule has 1 aliphatic rings. The molecular formula is C5H8N2. The minimum Gasteiger partial charge on any atom is -0.271 e. The number of hydrogen-bond acceptors (Lipinski definition) is 2. The van der Waals surface area contributed by atoms with Crippen molar-refractivity contribution in [1.29, 1.82) is 0 Å². The normalized spacial score (nSPS) is 19.0. The lowest BCUT2D eigenvalue weighted by Crippen LogP contribution is -2.30. The van der Waals surface area contributed by atoms with Crippen molar-refractivity contribution in [2.24, 2.45) is 5.84 Å². The molecule has 0 spiro atoms. The maximum absolute atomic E-state index is 5.08. The van der Waals surface area contributed by atoms with Crippen LogP contribution in [0.2, 0.25) is 0 Å². The van der Waals surface area contributed by atoms with Crippen molar-refractivity contribution in [2.75, 3.05) is 0 Å². The highest BCUT2D eigenvalue weighted by atomic mass is 15.2. The first kappa shape index (κ1) is 4.56. The highest BCUT2D eigenvalue weighted by Crippen LogP contribution is 1.95. The smallest absolute Gasteiger partial charge is 0.0577 e. The van der Waals surface area contributed by atoms with E-state index < -0.39 is 0 Å². The lowest BCUT2D eigenvalue weighted by atomic mass is 10.4. The zero-order valence-electron chi connectivity index (χ0n) is 3.96. The van der Waals surface area contributed by atoms with Gasteiger partial charge in [0, 0.05) is 0 Å². The van der Waals surface area contributed by atoms with E-state index in [2.05, 4.69) is 5.43 Å². The lowest BCUT2D eigenvalue weighted by Gasteiger charge is -1.97. The molecule has 0 amide bonds. The molecule has 0 aromatic heterocycles. The topological polar surface area (TPSA) is 38.0 Å². The minimum atomic E-state index is 0.264. The van der Waals surface area contributed by atoms with Crippen LogP contribution in [0, 0.1) is 0 Å². The van der Waals surface area contributed by atoms with Gasteiger partial charge in [0.2, 0.25) is 0 Å². The number of hydrazine groups is 1. The van der Waals surface area contributed by atoms with Crippen LogP contribution in [-0.2, 0) is 0 Å². The molecule has 0 saturated heterocycles. The van der Waals surface area contributed by atoms with Crippen molar-refractivity contribution in [2.45, 2.75) is 6.04 Å². The Balaban J connectivity index is 2.44. The van der Waals surface area contributed by atoms with Crippen LogP contribution in [0.15, 0.2) is 24.3 Å². The number of rotatable bonds is 1. The Morgan fingerprint density at radius 1 is 1.29 bits per heavy atom. The maximum Gasteiger partial charge on any atom is 0.0577 e. The molecule has 2 nitrogen and oxygen atoms in total. The van der Waals surface area contributed by atoms with Gasteiger partial charge in [0.25, 0.3) is 0 Å². The van der Waals surface area contributed by atoms with E-state index in [-0.39, 0.29) is 6.04 Å². The summed E-state index contributed by atoms with van der Waals surface area (Å²) in [5.74, 6) is 5.08. The average Bonchev–Trinajstić information content (AvgIpc) is 2.14. The van der Waals surface area contributed by atoms with Crippen LogP contribution in [0.25, 0.3) is 0 Å². The molecular weight excluding hydrogens is 88.1 g/mol. The Morgan fingerprint density at radius 2 is 1.86 bits per heavy atom. The van der Waals surface area contributed by atoms with E-state index in [1.54, 1.807) is 0 Å². The predicted molar refractivity (Wildman–Crippen MR) is 29.4 cm³/mol. The fourth-order valence-corrected chi connectivity index (χ4v) is 0.543. The van der Waals surface area contributed by atoms with Crippen LogP contribution in [0.1, 0.15) is 0 Å². The first-order chi connectivity index (χ1) is 3.43. The van der Waals surface area contributed by atoms with Crippen molar-refractivity contribution in [3.05, 3.63) is 24.3 Å². The van der Waals surface area contributed by atoms with Gasteiger partial charge in [0.05, 0.1) is 6.04 Å². The van der Waals surface area contributed by atoms with Gasteiger partial charge in [0.15, 0.2) is 0 Å². The van der Waals surface area contributed by atoms with Crippen LogP contribution in [0.3, 0.4) is 0 Å². The number of nitrogens with one attached hydrogen (secondary N) is 1. The summed E-state index contributed by atoms with van der Waals surface area (Å²) in [6.45, 7) is 0. The Hall–Kier alpha value is -0.600. The van der Waals surface area contributed by atoms with Crippen LogP contribution >= 0.6 is 0 Å². The van der Waals surface area contributed by atoms with Crippen LogP contribution < -0.4 is 11.3 Å². The quantitative estimate of drug-likeness (QED) is 0.354. The third-order valence-electron chi connectivity index (χ3n) is 0.940. The summed E-state index contributed by atoms with van der Waals surface area (Å²) in [6.07, 6.45) is 7.90. The SMILES string of the molecule is NNC1C=CC=C1. The molecule has 0 radical (unpaired) electrons. The van der Waals surface area contributed by atoms with Crippen LogP contribution in [0.4, 0.5) is 0 Å². The van der Waals surface area contributed by atoms with Crippen molar-refractivity contribution in [1.82, 2.24) is 5.43 Å². The number of nitrogens with two attached hydrogens (primary N) is 1. The van der Waals surface area contributed by atoms with E-state index >= 15 is 0 Å². The summed E-state index contributed by atoms with van der Waals surface area (Å²) in [4.78, 5) is 0. The molecule has 0 aromatic rings. The van der Waals surface area contributed by atoms with Gasteiger partial charge in [-0.3, -0.25) is 5.84 Å². The Bertz CT molecular complexity index is 92.6. The minimum absolute atomic E-state index is 0.264. The molecule has 0 fully saturated rings. The first-order valence-corrected chi connectivity index (χ1v) is 2.24. The Morgan fingerprint density at radius 3 is 2.14 bits per heavy atom. The Labute approximate surface area is 42.7 Å². The van der Waals surface area contributed by atoms with E-state index in [0.717, 1.165) is 0 Å². The molecule has 0 heterocycles. The van der Waals surface area contributed by atoms with Crippen molar-refractivity contribution >= 4 is 0 Å². The van der Waals surface area contributed by atoms with Crippen molar-refractivity contribution < 1.29 is 0 Å². The second-order valence-corrected chi connectivity index (χ2v) is 1.46. The summed E-state index contributed by atoms with van der Waals surface area (Å²) >= 11 is 0. The van der Waals surface area contributed by atoms with E-state index in [1.807, 2.05) is 24.3 Å². The molecule has 0 saturated carbocycles. The molecule has 3 N–H and O–H groups in total. The predicted octanol–water partition coefficient (Wildman–Crippen LogP) is -0.0557. The van der Waals surface area contributed by atoms with Crippen molar-refractivity contribution in [3.8, 4) is 0 Å². The third kappa shape index (κ3) is 0.885. The van der Waals surface area contributed by atoms with Gasteiger partial charge in [-0.15, -0.1) is 0 Å². The van der Waals surface area contributed by atoms with Gasteiger partial charge < -0.3 is 0 Å². The molecule has 7 heavy (non-hydrogen) atoms. The third-order valence-corrected chi connectivity index (χ3v) is 0.940. The van der Waals surface area contributed by atoms with Gasteiger partial charge in [-0.25, -0.2) is 5.43 Å². The van der Waals surface area contributed by atoms with Gasteiger partial charge in [-0.1, -0.05) is 24.3 Å². The maximum atomic E-state index is 5.08. The molecule has 2 heteroatoms. The molecule has 38 valence electrons. The van der Waals surface area contributed by atoms with Crippen LogP contribution in [-0.4, -0.2) is 6.04 Å². The highest BCUT2D eigenvalue weighted by Gasteiger charge is 1.95. The van der Waals surface area contributed by atoms with E-state index in [1.165, 1.54) is 0 Å². The number of allylic oxidation sites excluding steroid dienone is 2. The first-order valence-electron chi connectivity index (χ1n) is 2.24. The lowest BCUT2D eigenvalue weighted by molar-refractivity contribution is 0.725. The molecule has 0 bridgehead atoms. The van der Waals surface area contributed by atoms with Gasteiger partial charge in [-0.2, -0.15) is 0 Å². The monoisotopic (exact) mass is 96.1 g/mol. The molecule has 1 rings (SSSR count). The largest absolute Gasteiger partial charge is 0.271 e. The summed E-state index contributed by atoms with van der Waals surface area (Å²) in [5, 5.41) is 0. The van der Waals surface area contributed by atoms with E-state index in [9.17, 15) is 0 Å². The second-order valence-electron chi connectivity index (χ2n) is 1.46. The molecule has 0 aromatic carbocycles. The molecule has 1 aliphatic carbocycles. The zero-order valence-corrected chi connectivity index (χ0v) is 3.96. The Kier molecular flexibility index (Phi) is 1.24. The van der Waals surface area contributed by atoms with Gasteiger partial charge in [-0.05, 0) is 0 Å². The summed E-state index contributed by atoms with van der Waals surface area (Å²) in [6, 6.07) is 0.264. The summed E-state index contributed by atoms with van der Waals surface area (Å²) in [7, 11) is 0. The molecule has 0 aliphatic heterocycles. The average molecular weight is 96.1 g/mol. The van der Waals surface area contributed by atoms with Crippen molar-refractivity contribution in [3.63, 3.8) is 0 Å². The number of hydrogen-bond donors (Lipinski definition) is 2. The zero-order chi connectivity index (χ0) is 5.11. The summed E-state index contributed by atoms with van der Waals surface area (Å²) < 4.78 is 0. The summed E-state index contributed by atoms with van der Waals surface area (Å²) in [5.41, 5.74) is 2.59. The van der Waals surface area contributed by atoms with Gasteiger partial charge >= 0.3 is 0 Å². The van der Waals surface area contributed by atoms with E-state index in [4.69, 9.17) is 5.84 Å². The molecule has 0 atom stereocenters. The fraction of sp³-hybridized carbons (Fsp3) is 0.200. The van der Waals surface area contributed by atoms with E-state index in [0.29, 0.717) is 0 Å². The van der Waals surface area contributed by atoms with Gasteiger partial charge in [0.1, 0.15) is 0 Å². The second kappa shape index (κ2) is 1.91. The highest BCUT2D eigenvalue weighted by molar-refractivity contribution is 5.20. The standard InChI is InChI=1S/C5H8N2/c6-7-5-3-1-2-4-5/h1-5,7H,6H2.